The molecule has 1 heterocycles. The number of carboxylic acid groups (broad SMARTS) is 1. The summed E-state index contributed by atoms with van der Waals surface area (Å²) < 4.78 is 6.64. The smallest absolute Gasteiger partial charge is 0.356 e. The molecule has 19 heavy (non-hydrogen) atoms. The van der Waals surface area contributed by atoms with Gasteiger partial charge in [-0.15, -0.1) is 0 Å². The van der Waals surface area contributed by atoms with Crippen LogP contribution >= 0.6 is 0 Å². The Bertz CT molecular complexity index is 590. The molecule has 1 N–H and O–H groups in total. The van der Waals surface area contributed by atoms with Gasteiger partial charge in [0.2, 0.25) is 0 Å². The molecule has 0 saturated carbocycles. The van der Waals surface area contributed by atoms with Crippen LogP contribution in [0.3, 0.4) is 0 Å². The molecular formula is C14H16N2O3. The van der Waals surface area contributed by atoms with Crippen molar-refractivity contribution in [1.29, 1.82) is 0 Å². The van der Waals surface area contributed by atoms with Crippen molar-refractivity contribution in [3.8, 4) is 11.3 Å². The van der Waals surface area contributed by atoms with E-state index >= 15 is 0 Å². The summed E-state index contributed by atoms with van der Waals surface area (Å²) in [5.41, 5.74) is 2.95. The highest BCUT2D eigenvalue weighted by molar-refractivity contribution is 5.87. The first-order valence-corrected chi connectivity index (χ1v) is 5.97. The molecule has 0 aliphatic heterocycles. The lowest BCUT2D eigenvalue weighted by molar-refractivity contribution is 0.0689. The summed E-state index contributed by atoms with van der Waals surface area (Å²) in [6.07, 6.45) is 0.827. The molecule has 100 valence electrons. The van der Waals surface area contributed by atoms with Gasteiger partial charge in [-0.2, -0.15) is 5.10 Å². The van der Waals surface area contributed by atoms with Gasteiger partial charge in [0, 0.05) is 19.7 Å². The molecule has 2 rings (SSSR count). The van der Waals surface area contributed by atoms with Gasteiger partial charge in [-0.3, -0.25) is 4.68 Å². The SMILES string of the molecule is COCCc1cccc(-c2cc(C(=O)O)nn2C)c1. The van der Waals surface area contributed by atoms with Crippen molar-refractivity contribution >= 4 is 5.97 Å². The van der Waals surface area contributed by atoms with Crippen molar-refractivity contribution in [2.75, 3.05) is 13.7 Å². The van der Waals surface area contributed by atoms with Crippen LogP contribution in [0.15, 0.2) is 30.3 Å². The van der Waals surface area contributed by atoms with E-state index in [2.05, 4.69) is 5.10 Å². The van der Waals surface area contributed by atoms with Crippen LogP contribution < -0.4 is 0 Å². The van der Waals surface area contributed by atoms with E-state index in [9.17, 15) is 4.79 Å². The van der Waals surface area contributed by atoms with Crippen molar-refractivity contribution in [2.24, 2.45) is 7.05 Å². The van der Waals surface area contributed by atoms with E-state index in [0.717, 1.165) is 23.2 Å². The Hall–Kier alpha value is -2.14. The standard InChI is InChI=1S/C14H16N2O3/c1-16-13(9-12(15-16)14(17)18)11-5-3-4-10(8-11)6-7-19-2/h3-5,8-9H,6-7H2,1-2H3,(H,17,18). The van der Waals surface area contributed by atoms with E-state index in [4.69, 9.17) is 9.84 Å². The molecule has 0 radical (unpaired) electrons. The average Bonchev–Trinajstić information content (AvgIpc) is 2.79. The van der Waals surface area contributed by atoms with Crippen molar-refractivity contribution in [3.05, 3.63) is 41.6 Å². The molecule has 0 saturated heterocycles. The Morgan fingerprint density at radius 3 is 2.84 bits per heavy atom. The number of aryl methyl sites for hydroxylation is 1. The topological polar surface area (TPSA) is 64.3 Å². The predicted molar refractivity (Wildman–Crippen MR) is 71.2 cm³/mol. The molecule has 1 aromatic heterocycles. The lowest BCUT2D eigenvalue weighted by atomic mass is 10.1. The molecule has 5 heteroatoms. The number of rotatable bonds is 5. The molecule has 2 aromatic rings. The van der Waals surface area contributed by atoms with Gasteiger partial charge >= 0.3 is 5.97 Å². The second-order valence-electron chi connectivity index (χ2n) is 4.29. The average molecular weight is 260 g/mol. The zero-order valence-electron chi connectivity index (χ0n) is 11.0. The fourth-order valence-electron chi connectivity index (χ4n) is 1.95. The Kier molecular flexibility index (Phi) is 3.97. The van der Waals surface area contributed by atoms with Crippen LogP contribution in [0.5, 0.6) is 0 Å². The van der Waals surface area contributed by atoms with Crippen molar-refractivity contribution in [3.63, 3.8) is 0 Å². The van der Waals surface area contributed by atoms with Gasteiger partial charge in [0.15, 0.2) is 5.69 Å². The third-order valence-corrected chi connectivity index (χ3v) is 2.92. The zero-order chi connectivity index (χ0) is 13.8. The van der Waals surface area contributed by atoms with Crippen molar-refractivity contribution < 1.29 is 14.6 Å². The Morgan fingerprint density at radius 1 is 1.42 bits per heavy atom. The predicted octanol–water partition coefficient (Wildman–Crippen LogP) is 1.97. The molecule has 0 bridgehead atoms. The second kappa shape index (κ2) is 5.67. The molecule has 0 atom stereocenters. The molecule has 5 nitrogen and oxygen atoms in total. The quantitative estimate of drug-likeness (QED) is 0.892. The van der Waals surface area contributed by atoms with Gasteiger partial charge in [-0.05, 0) is 24.1 Å². The van der Waals surface area contributed by atoms with Crippen molar-refractivity contribution in [1.82, 2.24) is 9.78 Å². The molecule has 1 aromatic carbocycles. The third kappa shape index (κ3) is 3.00. The van der Waals surface area contributed by atoms with E-state index in [1.807, 2.05) is 24.3 Å². The summed E-state index contributed by atoms with van der Waals surface area (Å²) in [5, 5.41) is 12.9. The minimum Gasteiger partial charge on any atom is -0.476 e. The minimum absolute atomic E-state index is 0.0554. The highest BCUT2D eigenvalue weighted by Crippen LogP contribution is 2.21. The monoisotopic (exact) mass is 260 g/mol. The van der Waals surface area contributed by atoms with Gasteiger partial charge in [-0.25, -0.2) is 4.79 Å². The van der Waals surface area contributed by atoms with Crippen LogP contribution in [0.2, 0.25) is 0 Å². The molecule has 0 aliphatic rings. The van der Waals surface area contributed by atoms with E-state index in [1.165, 1.54) is 0 Å². The van der Waals surface area contributed by atoms with Crippen LogP contribution in [0.1, 0.15) is 16.1 Å². The summed E-state index contributed by atoms with van der Waals surface area (Å²) in [7, 11) is 3.41. The Morgan fingerprint density at radius 2 is 2.21 bits per heavy atom. The first-order valence-electron chi connectivity index (χ1n) is 5.97. The zero-order valence-corrected chi connectivity index (χ0v) is 11.0. The van der Waals surface area contributed by atoms with Crippen molar-refractivity contribution in [2.45, 2.75) is 6.42 Å². The highest BCUT2D eigenvalue weighted by Gasteiger charge is 2.12. The maximum Gasteiger partial charge on any atom is 0.356 e. The summed E-state index contributed by atoms with van der Waals surface area (Å²) in [6.45, 7) is 0.662. The normalized spacial score (nSPS) is 10.6. The molecule has 0 spiro atoms. The summed E-state index contributed by atoms with van der Waals surface area (Å²) in [6, 6.07) is 9.53. The highest BCUT2D eigenvalue weighted by atomic mass is 16.5. The lowest BCUT2D eigenvalue weighted by Gasteiger charge is -2.05. The van der Waals surface area contributed by atoms with Crippen LogP contribution in [0.25, 0.3) is 11.3 Å². The van der Waals surface area contributed by atoms with E-state index in [0.29, 0.717) is 6.61 Å². The maximum atomic E-state index is 10.9. The third-order valence-electron chi connectivity index (χ3n) is 2.92. The van der Waals surface area contributed by atoms with Gasteiger partial charge in [-0.1, -0.05) is 18.2 Å². The fourth-order valence-corrected chi connectivity index (χ4v) is 1.95. The molecule has 0 unspecified atom stereocenters. The number of hydrogen-bond donors (Lipinski definition) is 1. The first kappa shape index (κ1) is 13.3. The van der Waals surface area contributed by atoms with Crippen LogP contribution in [0, 0.1) is 0 Å². The van der Waals surface area contributed by atoms with Gasteiger partial charge in [0.05, 0.1) is 12.3 Å². The number of nitrogens with zero attached hydrogens (tertiary/aromatic N) is 2. The van der Waals surface area contributed by atoms with E-state index < -0.39 is 5.97 Å². The number of carbonyl (C=O) groups is 1. The number of benzene rings is 1. The lowest BCUT2D eigenvalue weighted by Crippen LogP contribution is -1.99. The second-order valence-corrected chi connectivity index (χ2v) is 4.29. The first-order chi connectivity index (χ1) is 9.11. The maximum absolute atomic E-state index is 10.9. The number of carboxylic acids is 1. The number of methoxy groups -OCH3 is 1. The van der Waals surface area contributed by atoms with Gasteiger partial charge < -0.3 is 9.84 Å². The number of aromatic nitrogens is 2. The molecule has 0 fully saturated rings. The summed E-state index contributed by atoms with van der Waals surface area (Å²) in [5.74, 6) is -1.02. The minimum atomic E-state index is -1.02. The molecule has 0 aliphatic carbocycles. The van der Waals surface area contributed by atoms with Crippen LogP contribution in [-0.2, 0) is 18.2 Å². The number of ether oxygens (including phenoxy) is 1. The Labute approximate surface area is 111 Å². The molecular weight excluding hydrogens is 244 g/mol. The van der Waals surface area contributed by atoms with E-state index in [1.54, 1.807) is 24.9 Å². The number of hydrogen-bond acceptors (Lipinski definition) is 3. The largest absolute Gasteiger partial charge is 0.476 e. The van der Waals surface area contributed by atoms with Crippen LogP contribution in [-0.4, -0.2) is 34.6 Å². The van der Waals surface area contributed by atoms with Gasteiger partial charge in [0.25, 0.3) is 0 Å². The summed E-state index contributed by atoms with van der Waals surface area (Å²) >= 11 is 0. The Balaban J connectivity index is 2.33. The van der Waals surface area contributed by atoms with Gasteiger partial charge in [0.1, 0.15) is 0 Å². The fraction of sp³-hybridized carbons (Fsp3) is 0.286. The number of aromatic carboxylic acids is 1. The molecule has 0 amide bonds. The van der Waals surface area contributed by atoms with E-state index in [-0.39, 0.29) is 5.69 Å². The summed E-state index contributed by atoms with van der Waals surface area (Å²) in [4.78, 5) is 10.9. The van der Waals surface area contributed by atoms with Crippen LogP contribution in [0.4, 0.5) is 0 Å².